The van der Waals surface area contributed by atoms with Crippen LogP contribution in [0.3, 0.4) is 0 Å². The largest absolute Gasteiger partial charge is 0.483 e. The van der Waals surface area contributed by atoms with Crippen molar-refractivity contribution in [3.8, 4) is 5.75 Å². The molecule has 1 fully saturated rings. The number of imide groups is 1. The number of carbonyl (C=O) groups excluding carboxylic acids is 2. The van der Waals surface area contributed by atoms with Crippen molar-refractivity contribution in [3.05, 3.63) is 16.3 Å². The molecule has 2 rings (SSSR count). The maximum absolute atomic E-state index is 11.6. The lowest BCUT2D eigenvalue weighted by Crippen LogP contribution is -2.35. The molecule has 0 aliphatic carbocycles. The molecule has 1 saturated heterocycles. The first kappa shape index (κ1) is 12.4. The Morgan fingerprint density at radius 2 is 2.33 bits per heavy atom. The fourth-order valence-electron chi connectivity index (χ4n) is 1.35. The normalized spacial score (nSPS) is 14.4. The van der Waals surface area contributed by atoms with E-state index in [-0.39, 0.29) is 24.6 Å². The molecule has 0 atom stereocenters. The van der Waals surface area contributed by atoms with Crippen molar-refractivity contribution in [3.63, 3.8) is 0 Å². The minimum Gasteiger partial charge on any atom is -0.483 e. The fraction of sp³-hybridized carbons (Fsp3) is 0.300. The van der Waals surface area contributed by atoms with Crippen molar-refractivity contribution >= 4 is 29.3 Å². The highest BCUT2D eigenvalue weighted by Gasteiger charge is 2.28. The van der Waals surface area contributed by atoms with E-state index in [4.69, 9.17) is 9.84 Å². The average molecular weight is 271 g/mol. The van der Waals surface area contributed by atoms with Crippen LogP contribution in [0.15, 0.2) is 11.4 Å². The predicted molar refractivity (Wildman–Crippen MR) is 59.8 cm³/mol. The number of hydrogen-bond donors (Lipinski definition) is 1. The molecule has 2 amide bonds. The summed E-state index contributed by atoms with van der Waals surface area (Å²) in [6.45, 7) is 0.0715. The maximum atomic E-state index is 11.6. The molecular formula is C10H9NO6S. The van der Waals surface area contributed by atoms with Gasteiger partial charge in [-0.05, 0) is 0 Å². The van der Waals surface area contributed by atoms with Crippen LogP contribution in [-0.4, -0.2) is 47.7 Å². The number of carboxylic acids is 1. The third kappa shape index (κ3) is 2.59. The van der Waals surface area contributed by atoms with Crippen molar-refractivity contribution < 1.29 is 29.0 Å². The molecule has 0 bridgehead atoms. The molecule has 18 heavy (non-hydrogen) atoms. The lowest BCUT2D eigenvalue weighted by Gasteiger charge is -2.10. The first-order chi connectivity index (χ1) is 8.58. The SMILES string of the molecule is O=C(O)c1cc(OCC(=O)N2CCOC2=O)cs1. The first-order valence-electron chi connectivity index (χ1n) is 4.99. The van der Waals surface area contributed by atoms with Gasteiger partial charge in [-0.15, -0.1) is 11.3 Å². The molecule has 0 spiro atoms. The van der Waals surface area contributed by atoms with Crippen LogP contribution in [0, 0.1) is 0 Å². The summed E-state index contributed by atoms with van der Waals surface area (Å²) in [5.41, 5.74) is 0. The van der Waals surface area contributed by atoms with Crippen molar-refractivity contribution in [2.75, 3.05) is 19.8 Å². The van der Waals surface area contributed by atoms with E-state index in [0.29, 0.717) is 5.75 Å². The minimum atomic E-state index is -1.05. The van der Waals surface area contributed by atoms with E-state index in [1.807, 2.05) is 0 Å². The maximum Gasteiger partial charge on any atom is 0.416 e. The second-order valence-electron chi connectivity index (χ2n) is 3.40. The van der Waals surface area contributed by atoms with Crippen LogP contribution < -0.4 is 4.74 Å². The number of ether oxygens (including phenoxy) is 2. The van der Waals surface area contributed by atoms with Crippen molar-refractivity contribution in [2.24, 2.45) is 0 Å². The minimum absolute atomic E-state index is 0.123. The second-order valence-corrected chi connectivity index (χ2v) is 4.31. The van der Waals surface area contributed by atoms with Crippen LogP contribution in [0.25, 0.3) is 0 Å². The molecule has 1 aromatic rings. The van der Waals surface area contributed by atoms with Gasteiger partial charge in [0.05, 0.1) is 6.54 Å². The molecule has 8 heteroatoms. The van der Waals surface area contributed by atoms with Gasteiger partial charge in [0.1, 0.15) is 17.2 Å². The summed E-state index contributed by atoms with van der Waals surface area (Å²) in [4.78, 5) is 34.3. The van der Waals surface area contributed by atoms with E-state index >= 15 is 0 Å². The smallest absolute Gasteiger partial charge is 0.416 e. The molecule has 0 aromatic carbocycles. The molecule has 1 aromatic heterocycles. The number of nitrogens with zero attached hydrogens (tertiary/aromatic N) is 1. The monoisotopic (exact) mass is 271 g/mol. The molecule has 1 N–H and O–H groups in total. The zero-order chi connectivity index (χ0) is 13.1. The molecule has 1 aliphatic rings. The number of cyclic esters (lactones) is 1. The van der Waals surface area contributed by atoms with Crippen LogP contribution in [0.4, 0.5) is 4.79 Å². The zero-order valence-corrected chi connectivity index (χ0v) is 9.94. The Morgan fingerprint density at radius 3 is 2.89 bits per heavy atom. The van der Waals surface area contributed by atoms with Crippen molar-refractivity contribution in [1.29, 1.82) is 0 Å². The standard InChI is InChI=1S/C10H9NO6S/c12-8(11-1-2-16-10(11)15)4-17-6-3-7(9(13)14)18-5-6/h3,5H,1-2,4H2,(H,13,14). The van der Waals surface area contributed by atoms with E-state index in [1.165, 1.54) is 11.4 Å². The van der Waals surface area contributed by atoms with E-state index < -0.39 is 18.0 Å². The molecule has 0 radical (unpaired) electrons. The van der Waals surface area contributed by atoms with Crippen molar-refractivity contribution in [2.45, 2.75) is 0 Å². The Kier molecular flexibility index (Phi) is 3.47. The number of carboxylic acid groups (broad SMARTS) is 1. The number of aromatic carboxylic acids is 1. The summed E-state index contributed by atoms with van der Waals surface area (Å²) in [7, 11) is 0. The van der Waals surface area contributed by atoms with E-state index in [2.05, 4.69) is 4.74 Å². The third-order valence-corrected chi connectivity index (χ3v) is 3.11. The lowest BCUT2D eigenvalue weighted by atomic mass is 10.4. The molecule has 2 heterocycles. The van der Waals surface area contributed by atoms with Gasteiger partial charge in [0.25, 0.3) is 5.91 Å². The quantitative estimate of drug-likeness (QED) is 0.870. The van der Waals surface area contributed by atoms with Gasteiger partial charge in [-0.3, -0.25) is 4.79 Å². The lowest BCUT2D eigenvalue weighted by molar-refractivity contribution is -0.129. The molecule has 96 valence electrons. The van der Waals surface area contributed by atoms with Crippen LogP contribution in [0.2, 0.25) is 0 Å². The van der Waals surface area contributed by atoms with Crippen LogP contribution in [-0.2, 0) is 9.53 Å². The number of amides is 2. The molecule has 7 nitrogen and oxygen atoms in total. The Bertz CT molecular complexity index is 496. The van der Waals surface area contributed by atoms with Crippen LogP contribution in [0.5, 0.6) is 5.75 Å². The summed E-state index contributed by atoms with van der Waals surface area (Å²) in [6, 6.07) is 1.32. The van der Waals surface area contributed by atoms with Crippen molar-refractivity contribution in [1.82, 2.24) is 4.90 Å². The Hall–Kier alpha value is -2.09. The summed E-state index contributed by atoms with van der Waals surface area (Å²) in [6.07, 6.45) is -0.680. The Labute approximate surface area is 106 Å². The number of carbonyl (C=O) groups is 3. The van der Waals surface area contributed by atoms with E-state index in [0.717, 1.165) is 16.2 Å². The van der Waals surface area contributed by atoms with Gasteiger partial charge in [0, 0.05) is 11.4 Å². The Morgan fingerprint density at radius 1 is 1.56 bits per heavy atom. The van der Waals surface area contributed by atoms with Crippen LogP contribution in [0.1, 0.15) is 9.67 Å². The summed E-state index contributed by atoms with van der Waals surface area (Å²) >= 11 is 1.00. The van der Waals surface area contributed by atoms with Gasteiger partial charge in [-0.25, -0.2) is 14.5 Å². The average Bonchev–Trinajstić information content (AvgIpc) is 2.94. The first-order valence-corrected chi connectivity index (χ1v) is 5.87. The van der Waals surface area contributed by atoms with E-state index in [9.17, 15) is 14.4 Å². The van der Waals surface area contributed by atoms with Gasteiger partial charge >= 0.3 is 12.1 Å². The summed E-state index contributed by atoms with van der Waals surface area (Å²) in [5.74, 6) is -1.27. The summed E-state index contributed by atoms with van der Waals surface area (Å²) < 4.78 is 9.72. The fourth-order valence-corrected chi connectivity index (χ4v) is 2.01. The highest BCUT2D eigenvalue weighted by molar-refractivity contribution is 7.12. The second kappa shape index (κ2) is 5.05. The topological polar surface area (TPSA) is 93.1 Å². The molecule has 1 aliphatic heterocycles. The molecular weight excluding hydrogens is 262 g/mol. The summed E-state index contributed by atoms with van der Waals surface area (Å²) in [5, 5.41) is 10.2. The predicted octanol–water partition coefficient (Wildman–Crippen LogP) is 0.804. The Balaban J connectivity index is 1.89. The van der Waals surface area contributed by atoms with E-state index in [1.54, 1.807) is 0 Å². The number of hydrogen-bond acceptors (Lipinski definition) is 6. The van der Waals surface area contributed by atoms with Crippen LogP contribution >= 0.6 is 11.3 Å². The zero-order valence-electron chi connectivity index (χ0n) is 9.12. The number of thiophene rings is 1. The highest BCUT2D eigenvalue weighted by Crippen LogP contribution is 2.21. The molecule has 0 saturated carbocycles. The molecule has 0 unspecified atom stereocenters. The van der Waals surface area contributed by atoms with Gasteiger partial charge in [0.2, 0.25) is 0 Å². The van der Waals surface area contributed by atoms with Gasteiger partial charge in [-0.2, -0.15) is 0 Å². The third-order valence-electron chi connectivity index (χ3n) is 2.21. The highest BCUT2D eigenvalue weighted by atomic mass is 32.1. The van der Waals surface area contributed by atoms with Gasteiger partial charge in [0.15, 0.2) is 6.61 Å². The van der Waals surface area contributed by atoms with Gasteiger partial charge < -0.3 is 14.6 Å². The number of rotatable bonds is 4. The van der Waals surface area contributed by atoms with Gasteiger partial charge in [-0.1, -0.05) is 0 Å².